The summed E-state index contributed by atoms with van der Waals surface area (Å²) in [5, 5.41) is 0. The molecule has 0 saturated carbocycles. The molecule has 0 rings (SSSR count). The lowest BCUT2D eigenvalue weighted by Crippen LogP contribution is -2.23. The van der Waals surface area contributed by atoms with Crippen LogP contribution in [0.4, 0.5) is 0 Å². The first kappa shape index (κ1) is 13.2. The minimum absolute atomic E-state index is 0.167. The number of carbonyl (C=O) groups excluding carboxylic acids is 1. The van der Waals surface area contributed by atoms with Crippen LogP contribution in [0.3, 0.4) is 0 Å². The number of carbonyl (C=O) groups is 1. The van der Waals surface area contributed by atoms with Crippen LogP contribution in [0.5, 0.6) is 0 Å². The van der Waals surface area contributed by atoms with Crippen molar-refractivity contribution in [2.75, 3.05) is 13.2 Å². The highest BCUT2D eigenvalue weighted by Crippen LogP contribution is 2.08. The molecule has 82 valence electrons. The van der Waals surface area contributed by atoms with E-state index < -0.39 is 0 Å². The van der Waals surface area contributed by atoms with Gasteiger partial charge in [-0.25, -0.2) is 0 Å². The maximum atomic E-state index is 11.2. The Kier molecular flexibility index (Phi) is 6.21. The highest BCUT2D eigenvalue weighted by atomic mass is 16.6. The molecule has 0 aromatic heterocycles. The Hall–Kier alpha value is -0.830. The number of rotatable bonds is 6. The largest absolute Gasteiger partial charge is 0.460 e. The van der Waals surface area contributed by atoms with Crippen LogP contribution in [0.1, 0.15) is 33.6 Å². The van der Waals surface area contributed by atoms with Gasteiger partial charge in [0.1, 0.15) is 5.60 Å². The molecule has 0 aliphatic carbocycles. The summed E-state index contributed by atoms with van der Waals surface area (Å²) in [7, 11) is 0. The molecule has 0 amide bonds. The van der Waals surface area contributed by atoms with Gasteiger partial charge in [-0.15, -0.1) is 6.58 Å². The van der Waals surface area contributed by atoms with Crippen LogP contribution in [0.25, 0.3) is 0 Å². The molecule has 0 aromatic rings. The third-order valence-electron chi connectivity index (χ3n) is 1.33. The van der Waals surface area contributed by atoms with Crippen LogP contribution >= 0.6 is 0 Å². The Balaban J connectivity index is 3.41. The van der Waals surface area contributed by atoms with E-state index in [0.29, 0.717) is 26.1 Å². The van der Waals surface area contributed by atoms with Gasteiger partial charge in [-0.3, -0.25) is 4.79 Å². The predicted molar refractivity (Wildman–Crippen MR) is 56.1 cm³/mol. The normalized spacial score (nSPS) is 11.1. The van der Waals surface area contributed by atoms with E-state index >= 15 is 0 Å². The minimum atomic E-state index is -0.390. The first-order valence-electron chi connectivity index (χ1n) is 4.86. The minimum Gasteiger partial charge on any atom is -0.460 e. The smallest absolute Gasteiger partial charge is 0.306 e. The molecule has 0 bridgehead atoms. The second-order valence-electron chi connectivity index (χ2n) is 4.05. The van der Waals surface area contributed by atoms with Crippen LogP contribution in [0.15, 0.2) is 12.7 Å². The lowest BCUT2D eigenvalue weighted by molar-refractivity contribution is -0.155. The van der Waals surface area contributed by atoms with E-state index in [2.05, 4.69) is 6.58 Å². The third-order valence-corrected chi connectivity index (χ3v) is 1.33. The van der Waals surface area contributed by atoms with Crippen molar-refractivity contribution >= 4 is 5.97 Å². The van der Waals surface area contributed by atoms with Gasteiger partial charge in [-0.1, -0.05) is 6.08 Å². The average Bonchev–Trinajstić information content (AvgIpc) is 2.00. The maximum Gasteiger partial charge on any atom is 0.306 e. The average molecular weight is 200 g/mol. The molecule has 3 nitrogen and oxygen atoms in total. The molecule has 0 spiro atoms. The predicted octanol–water partition coefficient (Wildman–Crippen LogP) is 2.31. The second-order valence-corrected chi connectivity index (χ2v) is 4.05. The fraction of sp³-hybridized carbons (Fsp3) is 0.727. The molecular formula is C11H20O3. The van der Waals surface area contributed by atoms with Crippen molar-refractivity contribution in [2.45, 2.75) is 39.2 Å². The Morgan fingerprint density at radius 2 is 2.07 bits per heavy atom. The van der Waals surface area contributed by atoms with Gasteiger partial charge < -0.3 is 9.47 Å². The number of ether oxygens (including phenoxy) is 2. The quantitative estimate of drug-likeness (QED) is 0.375. The summed E-state index contributed by atoms with van der Waals surface area (Å²) in [6.07, 6.45) is 2.80. The molecule has 0 N–H and O–H groups in total. The van der Waals surface area contributed by atoms with E-state index in [4.69, 9.17) is 9.47 Å². The molecule has 0 aliphatic heterocycles. The first-order chi connectivity index (χ1) is 6.45. The zero-order valence-electron chi connectivity index (χ0n) is 9.34. The van der Waals surface area contributed by atoms with Crippen LogP contribution in [-0.2, 0) is 14.3 Å². The Morgan fingerprint density at radius 1 is 1.43 bits per heavy atom. The summed E-state index contributed by atoms with van der Waals surface area (Å²) < 4.78 is 10.3. The van der Waals surface area contributed by atoms with E-state index in [-0.39, 0.29) is 11.6 Å². The molecule has 0 aliphatic rings. The molecule has 0 radical (unpaired) electrons. The van der Waals surface area contributed by atoms with Crippen molar-refractivity contribution in [3.05, 3.63) is 12.7 Å². The monoisotopic (exact) mass is 200 g/mol. The van der Waals surface area contributed by atoms with Crippen molar-refractivity contribution in [2.24, 2.45) is 0 Å². The third kappa shape index (κ3) is 9.26. The summed E-state index contributed by atoms with van der Waals surface area (Å²) >= 11 is 0. The first-order valence-corrected chi connectivity index (χ1v) is 4.86. The van der Waals surface area contributed by atoms with Crippen LogP contribution in [-0.4, -0.2) is 24.8 Å². The van der Waals surface area contributed by atoms with Crippen molar-refractivity contribution < 1.29 is 14.3 Å². The summed E-state index contributed by atoms with van der Waals surface area (Å²) in [4.78, 5) is 11.2. The topological polar surface area (TPSA) is 35.5 Å². The van der Waals surface area contributed by atoms with E-state index in [1.165, 1.54) is 0 Å². The molecule has 0 aromatic carbocycles. The summed E-state index contributed by atoms with van der Waals surface area (Å²) in [5.41, 5.74) is -0.390. The van der Waals surface area contributed by atoms with Crippen molar-refractivity contribution in [3.8, 4) is 0 Å². The number of hydrogen-bond acceptors (Lipinski definition) is 3. The van der Waals surface area contributed by atoms with E-state index in [1.54, 1.807) is 6.08 Å². The SMILES string of the molecule is C=CCOCCCC(=O)OC(C)(C)C. The maximum absolute atomic E-state index is 11.2. The molecule has 0 saturated heterocycles. The van der Waals surface area contributed by atoms with Gasteiger partial charge in [0, 0.05) is 13.0 Å². The van der Waals surface area contributed by atoms with Crippen molar-refractivity contribution in [1.29, 1.82) is 0 Å². The molecule has 0 fully saturated rings. The zero-order valence-corrected chi connectivity index (χ0v) is 9.34. The van der Waals surface area contributed by atoms with Gasteiger partial charge in [0.05, 0.1) is 6.61 Å². The highest BCUT2D eigenvalue weighted by molar-refractivity contribution is 5.69. The fourth-order valence-corrected chi connectivity index (χ4v) is 0.878. The summed E-state index contributed by atoms with van der Waals surface area (Å²) in [6.45, 7) is 10.2. The van der Waals surface area contributed by atoms with E-state index in [0.717, 1.165) is 0 Å². The van der Waals surface area contributed by atoms with Crippen LogP contribution in [0.2, 0.25) is 0 Å². The van der Waals surface area contributed by atoms with Gasteiger partial charge in [-0.2, -0.15) is 0 Å². The van der Waals surface area contributed by atoms with Crippen molar-refractivity contribution in [3.63, 3.8) is 0 Å². The summed E-state index contributed by atoms with van der Waals surface area (Å²) in [6, 6.07) is 0. The second kappa shape index (κ2) is 6.60. The molecule has 0 heterocycles. The zero-order chi connectivity index (χ0) is 11.0. The highest BCUT2D eigenvalue weighted by Gasteiger charge is 2.15. The van der Waals surface area contributed by atoms with Crippen molar-refractivity contribution in [1.82, 2.24) is 0 Å². The number of esters is 1. The molecule has 0 unspecified atom stereocenters. The van der Waals surface area contributed by atoms with Gasteiger partial charge in [0.15, 0.2) is 0 Å². The molecule has 3 heteroatoms. The van der Waals surface area contributed by atoms with Crippen LogP contribution in [0, 0.1) is 0 Å². The molecular weight excluding hydrogens is 180 g/mol. The fourth-order valence-electron chi connectivity index (χ4n) is 0.878. The Morgan fingerprint density at radius 3 is 2.57 bits per heavy atom. The van der Waals surface area contributed by atoms with Crippen LogP contribution < -0.4 is 0 Å². The lowest BCUT2D eigenvalue weighted by Gasteiger charge is -2.19. The van der Waals surface area contributed by atoms with Gasteiger partial charge in [0.25, 0.3) is 0 Å². The standard InChI is InChI=1S/C11H20O3/c1-5-8-13-9-6-7-10(12)14-11(2,3)4/h5H,1,6-9H2,2-4H3. The van der Waals surface area contributed by atoms with E-state index in [1.807, 2.05) is 20.8 Å². The molecule has 0 atom stereocenters. The van der Waals surface area contributed by atoms with Gasteiger partial charge in [0.2, 0.25) is 0 Å². The summed E-state index contributed by atoms with van der Waals surface area (Å²) in [5.74, 6) is -0.167. The number of hydrogen-bond donors (Lipinski definition) is 0. The van der Waals surface area contributed by atoms with Gasteiger partial charge in [-0.05, 0) is 27.2 Å². The van der Waals surface area contributed by atoms with Gasteiger partial charge >= 0.3 is 5.97 Å². The lowest BCUT2D eigenvalue weighted by atomic mass is 10.2. The Labute approximate surface area is 86.1 Å². The van der Waals surface area contributed by atoms with E-state index in [9.17, 15) is 4.79 Å². The Bertz CT molecular complexity index is 179. The molecule has 14 heavy (non-hydrogen) atoms.